The summed E-state index contributed by atoms with van der Waals surface area (Å²) < 4.78 is 18.9. The molecule has 2 fully saturated rings. The van der Waals surface area contributed by atoms with Crippen molar-refractivity contribution in [1.29, 1.82) is 0 Å². The highest BCUT2D eigenvalue weighted by atomic mass is 19.1. The normalized spacial score (nSPS) is 23.8. The van der Waals surface area contributed by atoms with Crippen LogP contribution in [-0.2, 0) is 14.4 Å². The van der Waals surface area contributed by atoms with E-state index in [1.165, 1.54) is 25.1 Å². The summed E-state index contributed by atoms with van der Waals surface area (Å²) in [5, 5.41) is 2.78. The maximum atomic E-state index is 13.7. The van der Waals surface area contributed by atoms with Crippen LogP contribution in [-0.4, -0.2) is 46.8 Å². The van der Waals surface area contributed by atoms with Crippen LogP contribution in [0.4, 0.5) is 9.18 Å². The van der Waals surface area contributed by atoms with Crippen LogP contribution in [0.15, 0.2) is 24.3 Å². The number of halogens is 1. The first-order valence-electron chi connectivity index (χ1n) is 11.1. The molecule has 0 bridgehead atoms. The van der Waals surface area contributed by atoms with E-state index in [9.17, 15) is 23.6 Å². The Morgan fingerprint density at radius 3 is 2.45 bits per heavy atom. The topological polar surface area (TPSA) is 117 Å². The molecule has 2 aliphatic rings. The highest BCUT2D eigenvalue weighted by Gasteiger charge is 2.53. The number of rotatable bonds is 5. The molecule has 1 unspecified atom stereocenters. The van der Waals surface area contributed by atoms with E-state index < -0.39 is 47.8 Å². The van der Waals surface area contributed by atoms with Crippen LogP contribution >= 0.6 is 0 Å². The fraction of sp³-hybridized carbons (Fsp3) is 0.565. The molecule has 1 saturated carbocycles. The van der Waals surface area contributed by atoms with E-state index in [4.69, 9.17) is 4.74 Å². The molecule has 1 atom stereocenters. The minimum absolute atomic E-state index is 0.0997. The van der Waals surface area contributed by atoms with E-state index in [1.54, 1.807) is 6.07 Å². The van der Waals surface area contributed by atoms with Crippen molar-refractivity contribution < 1.29 is 28.3 Å². The largest absolute Gasteiger partial charge is 0.478 e. The molecule has 1 saturated heterocycles. The van der Waals surface area contributed by atoms with Gasteiger partial charge in [0.1, 0.15) is 12.1 Å². The molecule has 33 heavy (non-hydrogen) atoms. The Hall–Kier alpha value is -3.17. The van der Waals surface area contributed by atoms with Crippen molar-refractivity contribution in [2.45, 2.75) is 65.0 Å². The van der Waals surface area contributed by atoms with Gasteiger partial charge in [-0.2, -0.15) is 0 Å². The summed E-state index contributed by atoms with van der Waals surface area (Å²) in [7, 11) is 0. The number of para-hydroxylation sites is 1. The van der Waals surface area contributed by atoms with Crippen LogP contribution < -0.4 is 20.9 Å². The van der Waals surface area contributed by atoms with Gasteiger partial charge in [-0.3, -0.25) is 30.1 Å². The lowest BCUT2D eigenvalue weighted by Crippen LogP contribution is -2.52. The quantitative estimate of drug-likeness (QED) is 0.459. The molecule has 0 aromatic heterocycles. The van der Waals surface area contributed by atoms with Crippen LogP contribution in [0.5, 0.6) is 5.75 Å². The average molecular weight is 463 g/mol. The predicted octanol–water partition coefficient (Wildman–Crippen LogP) is 2.27. The molecule has 1 aromatic rings. The summed E-state index contributed by atoms with van der Waals surface area (Å²) in [6.07, 6.45) is 1.58. The Morgan fingerprint density at radius 1 is 1.21 bits per heavy atom. The molecule has 1 aliphatic heterocycles. The summed E-state index contributed by atoms with van der Waals surface area (Å²) in [5.74, 6) is -2.15. The van der Waals surface area contributed by atoms with Gasteiger partial charge in [0, 0.05) is 0 Å². The fourth-order valence-electron chi connectivity index (χ4n) is 4.34. The molecule has 0 radical (unpaired) electrons. The number of ether oxygens (including phenoxy) is 1. The summed E-state index contributed by atoms with van der Waals surface area (Å²) in [6.45, 7) is 7.36. The minimum Gasteiger partial charge on any atom is -0.478 e. The summed E-state index contributed by atoms with van der Waals surface area (Å²) >= 11 is 0. The van der Waals surface area contributed by atoms with Gasteiger partial charge >= 0.3 is 6.03 Å². The third-order valence-electron chi connectivity index (χ3n) is 6.45. The third-order valence-corrected chi connectivity index (χ3v) is 6.45. The average Bonchev–Trinajstić information content (AvgIpc) is 2.97. The van der Waals surface area contributed by atoms with Gasteiger partial charge in [0.25, 0.3) is 17.7 Å². The molecule has 5 amide bonds. The fourth-order valence-corrected chi connectivity index (χ4v) is 4.34. The summed E-state index contributed by atoms with van der Waals surface area (Å²) in [6, 6.07) is 5.00. The molecular weight excluding hydrogens is 431 g/mol. The molecular formula is C23H31FN4O5. The Kier molecular flexibility index (Phi) is 6.94. The second kappa shape index (κ2) is 9.36. The van der Waals surface area contributed by atoms with Crippen LogP contribution in [0.1, 0.15) is 53.4 Å². The Balaban J connectivity index is 1.50. The van der Waals surface area contributed by atoms with Crippen LogP contribution in [0, 0.1) is 17.2 Å². The Labute approximate surface area is 192 Å². The SMILES string of the molecule is CC(Oc1ccccc1F)C(=O)NNC(=O)CN1C(=O)NC2(CCC(C(C)(C)C)CC2)C1=O. The maximum absolute atomic E-state index is 13.7. The van der Waals surface area contributed by atoms with E-state index >= 15 is 0 Å². The molecule has 180 valence electrons. The highest BCUT2D eigenvalue weighted by molar-refractivity contribution is 6.09. The number of carbonyl (C=O) groups is 4. The zero-order chi connectivity index (χ0) is 24.4. The van der Waals surface area contributed by atoms with Crippen LogP contribution in [0.2, 0.25) is 0 Å². The number of carbonyl (C=O) groups excluding carboxylic acids is 4. The predicted molar refractivity (Wildman–Crippen MR) is 117 cm³/mol. The molecule has 1 aromatic carbocycles. The minimum atomic E-state index is -1.10. The number of urea groups is 1. The van der Waals surface area contributed by atoms with E-state index in [1.807, 2.05) is 0 Å². The number of nitrogens with one attached hydrogen (secondary N) is 3. The van der Waals surface area contributed by atoms with Crippen molar-refractivity contribution in [2.75, 3.05) is 6.54 Å². The van der Waals surface area contributed by atoms with Gasteiger partial charge in [-0.1, -0.05) is 32.9 Å². The molecule has 10 heteroatoms. The van der Waals surface area contributed by atoms with Gasteiger partial charge in [0.2, 0.25) is 0 Å². The van der Waals surface area contributed by atoms with E-state index in [0.717, 1.165) is 17.7 Å². The number of hydrazine groups is 1. The number of benzene rings is 1. The van der Waals surface area contributed by atoms with E-state index in [0.29, 0.717) is 18.8 Å². The number of imide groups is 1. The number of amides is 5. The zero-order valence-electron chi connectivity index (χ0n) is 19.4. The molecule has 9 nitrogen and oxygen atoms in total. The lowest BCUT2D eigenvalue weighted by molar-refractivity contribution is -0.137. The summed E-state index contributed by atoms with van der Waals surface area (Å²) in [4.78, 5) is 50.7. The maximum Gasteiger partial charge on any atom is 0.325 e. The lowest BCUT2D eigenvalue weighted by Gasteiger charge is -2.40. The van der Waals surface area contributed by atoms with Gasteiger partial charge in [-0.15, -0.1) is 0 Å². The van der Waals surface area contributed by atoms with Crippen LogP contribution in [0.25, 0.3) is 0 Å². The van der Waals surface area contributed by atoms with Crippen molar-refractivity contribution >= 4 is 23.8 Å². The van der Waals surface area contributed by atoms with Gasteiger partial charge in [0.05, 0.1) is 0 Å². The van der Waals surface area contributed by atoms with Gasteiger partial charge in [0.15, 0.2) is 17.7 Å². The van der Waals surface area contributed by atoms with Crippen molar-refractivity contribution in [3.63, 3.8) is 0 Å². The lowest BCUT2D eigenvalue weighted by atomic mass is 9.67. The molecule has 1 spiro atoms. The van der Waals surface area contributed by atoms with Gasteiger partial charge in [-0.25, -0.2) is 9.18 Å². The number of hydrogen-bond acceptors (Lipinski definition) is 5. The van der Waals surface area contributed by atoms with E-state index in [2.05, 4.69) is 36.9 Å². The molecule has 3 N–H and O–H groups in total. The second-order valence-electron chi connectivity index (χ2n) is 9.77. The summed E-state index contributed by atoms with van der Waals surface area (Å²) in [5.41, 5.74) is 3.48. The molecule has 3 rings (SSSR count). The number of nitrogens with zero attached hydrogens (tertiary/aromatic N) is 1. The van der Waals surface area contributed by atoms with Crippen LogP contribution in [0.3, 0.4) is 0 Å². The molecule has 1 aliphatic carbocycles. The Morgan fingerprint density at radius 2 is 1.85 bits per heavy atom. The van der Waals surface area contributed by atoms with Gasteiger partial charge in [-0.05, 0) is 56.1 Å². The highest BCUT2D eigenvalue weighted by Crippen LogP contribution is 2.43. The van der Waals surface area contributed by atoms with E-state index in [-0.39, 0.29) is 11.2 Å². The van der Waals surface area contributed by atoms with Crippen molar-refractivity contribution in [3.8, 4) is 5.75 Å². The Bertz CT molecular complexity index is 937. The smallest absolute Gasteiger partial charge is 0.325 e. The number of hydrogen-bond donors (Lipinski definition) is 3. The molecule has 1 heterocycles. The van der Waals surface area contributed by atoms with Crippen molar-refractivity contribution in [3.05, 3.63) is 30.1 Å². The third kappa shape index (κ3) is 5.43. The first-order valence-corrected chi connectivity index (χ1v) is 11.1. The monoisotopic (exact) mass is 462 g/mol. The van der Waals surface area contributed by atoms with Crippen molar-refractivity contribution in [1.82, 2.24) is 21.1 Å². The first-order chi connectivity index (χ1) is 15.4. The zero-order valence-corrected chi connectivity index (χ0v) is 19.4. The van der Waals surface area contributed by atoms with Crippen molar-refractivity contribution in [2.24, 2.45) is 11.3 Å². The standard InChI is InChI=1S/C23H31FN4O5/c1-14(33-17-8-6-5-7-16(17)24)19(30)27-26-18(29)13-28-20(31)23(25-21(28)32)11-9-15(10-12-23)22(2,3)4/h5-8,14-15H,9-13H2,1-4H3,(H,25,32)(H,26,29)(H,27,30). The first kappa shape index (κ1) is 24.5. The van der Waals surface area contributed by atoms with Gasteiger partial charge < -0.3 is 10.1 Å². The second-order valence-corrected chi connectivity index (χ2v) is 9.77.